The molecule has 0 saturated heterocycles. The second kappa shape index (κ2) is 5.02. The number of benzene rings is 1. The molecule has 0 aliphatic rings. The standard InChI is InChI=1S/C12H9N3O2S2/c16-11(17)6-19-12-14-13-7-15(12)9-1-2-10-8(5-9)3-4-18-10/h1-5,7H,6H2,(H,16,17). The van der Waals surface area contributed by atoms with Gasteiger partial charge in [0.1, 0.15) is 6.33 Å². The van der Waals surface area contributed by atoms with Crippen LogP contribution in [0.5, 0.6) is 0 Å². The van der Waals surface area contributed by atoms with Crippen molar-refractivity contribution < 1.29 is 9.90 Å². The molecule has 0 bridgehead atoms. The number of nitrogens with zero attached hydrogens (tertiary/aromatic N) is 3. The predicted octanol–water partition coefficient (Wildman–Crippen LogP) is 2.66. The topological polar surface area (TPSA) is 68.0 Å². The molecule has 0 fully saturated rings. The molecular weight excluding hydrogens is 282 g/mol. The van der Waals surface area contributed by atoms with Crippen LogP contribution in [0.1, 0.15) is 0 Å². The third-order valence-corrected chi connectivity index (χ3v) is 4.38. The van der Waals surface area contributed by atoms with Crippen molar-refractivity contribution in [3.05, 3.63) is 36.0 Å². The Hall–Kier alpha value is -1.86. The van der Waals surface area contributed by atoms with Crippen molar-refractivity contribution in [2.24, 2.45) is 0 Å². The number of carboxylic acid groups (broad SMARTS) is 1. The molecule has 0 atom stereocenters. The number of aromatic nitrogens is 3. The zero-order chi connectivity index (χ0) is 13.2. The Morgan fingerprint density at radius 1 is 1.42 bits per heavy atom. The maximum atomic E-state index is 10.6. The summed E-state index contributed by atoms with van der Waals surface area (Å²) in [6.07, 6.45) is 1.59. The fraction of sp³-hybridized carbons (Fsp3) is 0.0833. The number of fused-ring (bicyclic) bond motifs is 1. The second-order valence-corrected chi connectivity index (χ2v) is 5.70. The van der Waals surface area contributed by atoms with Gasteiger partial charge in [0.25, 0.3) is 0 Å². The molecule has 0 unspecified atom stereocenters. The number of hydrogen-bond donors (Lipinski definition) is 1. The average molecular weight is 291 g/mol. The van der Waals surface area contributed by atoms with Gasteiger partial charge in [0.05, 0.1) is 5.75 Å². The van der Waals surface area contributed by atoms with Crippen molar-refractivity contribution in [3.63, 3.8) is 0 Å². The Morgan fingerprint density at radius 3 is 3.16 bits per heavy atom. The van der Waals surface area contributed by atoms with Crippen LogP contribution in [0, 0.1) is 0 Å². The first-order valence-electron chi connectivity index (χ1n) is 5.46. The highest BCUT2D eigenvalue weighted by atomic mass is 32.2. The number of aliphatic carboxylic acids is 1. The number of rotatable bonds is 4. The number of thiophene rings is 1. The highest BCUT2D eigenvalue weighted by Crippen LogP contribution is 2.25. The Balaban J connectivity index is 1.96. The van der Waals surface area contributed by atoms with Gasteiger partial charge in [-0.1, -0.05) is 11.8 Å². The van der Waals surface area contributed by atoms with E-state index in [1.807, 2.05) is 23.6 Å². The van der Waals surface area contributed by atoms with Gasteiger partial charge >= 0.3 is 5.97 Å². The number of thioether (sulfide) groups is 1. The highest BCUT2D eigenvalue weighted by molar-refractivity contribution is 7.99. The van der Waals surface area contributed by atoms with Gasteiger partial charge < -0.3 is 5.11 Å². The summed E-state index contributed by atoms with van der Waals surface area (Å²) in [7, 11) is 0. The Morgan fingerprint density at radius 2 is 2.32 bits per heavy atom. The van der Waals surface area contributed by atoms with Gasteiger partial charge in [0, 0.05) is 10.4 Å². The van der Waals surface area contributed by atoms with Gasteiger partial charge in [-0.15, -0.1) is 21.5 Å². The molecule has 0 amide bonds. The van der Waals surface area contributed by atoms with Crippen LogP contribution in [0.4, 0.5) is 0 Å². The summed E-state index contributed by atoms with van der Waals surface area (Å²) in [4.78, 5) is 10.6. The van der Waals surface area contributed by atoms with Gasteiger partial charge in [-0.05, 0) is 35.0 Å². The average Bonchev–Trinajstić information content (AvgIpc) is 3.04. The van der Waals surface area contributed by atoms with Gasteiger partial charge in [0.2, 0.25) is 0 Å². The minimum atomic E-state index is -0.868. The predicted molar refractivity (Wildman–Crippen MR) is 75.1 cm³/mol. The van der Waals surface area contributed by atoms with Crippen molar-refractivity contribution in [2.45, 2.75) is 5.16 Å². The molecule has 2 heterocycles. The van der Waals surface area contributed by atoms with Crippen LogP contribution >= 0.6 is 23.1 Å². The Bertz CT molecular complexity index is 735. The van der Waals surface area contributed by atoms with Crippen LogP contribution in [0.3, 0.4) is 0 Å². The maximum Gasteiger partial charge on any atom is 0.313 e. The Kier molecular flexibility index (Phi) is 3.22. The molecule has 19 heavy (non-hydrogen) atoms. The van der Waals surface area contributed by atoms with E-state index in [1.54, 1.807) is 22.2 Å². The first kappa shape index (κ1) is 12.2. The van der Waals surface area contributed by atoms with Crippen LogP contribution in [0.15, 0.2) is 41.1 Å². The zero-order valence-electron chi connectivity index (χ0n) is 9.68. The monoisotopic (exact) mass is 291 g/mol. The van der Waals surface area contributed by atoms with E-state index in [0.29, 0.717) is 5.16 Å². The van der Waals surface area contributed by atoms with Crippen LogP contribution in [0.25, 0.3) is 15.8 Å². The molecule has 2 aromatic heterocycles. The van der Waals surface area contributed by atoms with Crippen molar-refractivity contribution >= 4 is 39.2 Å². The molecule has 0 spiro atoms. The molecule has 3 rings (SSSR count). The third kappa shape index (κ3) is 2.47. The quantitative estimate of drug-likeness (QED) is 0.748. The molecule has 0 aliphatic carbocycles. The molecule has 5 nitrogen and oxygen atoms in total. The van der Waals surface area contributed by atoms with Crippen molar-refractivity contribution in [3.8, 4) is 5.69 Å². The van der Waals surface area contributed by atoms with E-state index >= 15 is 0 Å². The summed E-state index contributed by atoms with van der Waals surface area (Å²) in [6, 6.07) is 8.12. The molecule has 3 aromatic rings. The molecular formula is C12H9N3O2S2. The lowest BCUT2D eigenvalue weighted by Gasteiger charge is -2.05. The van der Waals surface area contributed by atoms with Crippen LogP contribution in [-0.4, -0.2) is 31.6 Å². The summed E-state index contributed by atoms with van der Waals surface area (Å²) in [5.74, 6) is -0.896. The molecule has 1 N–H and O–H groups in total. The van der Waals surface area contributed by atoms with E-state index in [1.165, 1.54) is 4.70 Å². The smallest absolute Gasteiger partial charge is 0.313 e. The maximum absolute atomic E-state index is 10.6. The van der Waals surface area contributed by atoms with Gasteiger partial charge in [0.15, 0.2) is 5.16 Å². The third-order valence-electron chi connectivity index (χ3n) is 2.56. The van der Waals surface area contributed by atoms with Gasteiger partial charge in [-0.2, -0.15) is 0 Å². The fourth-order valence-corrected chi connectivity index (χ4v) is 3.15. The van der Waals surface area contributed by atoms with Gasteiger partial charge in [-0.25, -0.2) is 0 Å². The normalized spacial score (nSPS) is 10.9. The number of carbonyl (C=O) groups is 1. The molecule has 0 aliphatic heterocycles. The lowest BCUT2D eigenvalue weighted by molar-refractivity contribution is -0.133. The minimum absolute atomic E-state index is 0.0284. The lowest BCUT2D eigenvalue weighted by atomic mass is 10.2. The van der Waals surface area contributed by atoms with E-state index in [-0.39, 0.29) is 5.75 Å². The van der Waals surface area contributed by atoms with Crippen LogP contribution in [-0.2, 0) is 4.79 Å². The zero-order valence-corrected chi connectivity index (χ0v) is 11.3. The summed E-state index contributed by atoms with van der Waals surface area (Å²) < 4.78 is 3.02. The summed E-state index contributed by atoms with van der Waals surface area (Å²) in [6.45, 7) is 0. The molecule has 0 saturated carbocycles. The minimum Gasteiger partial charge on any atom is -0.481 e. The SMILES string of the molecule is O=C(O)CSc1nncn1-c1ccc2sccc2c1. The largest absolute Gasteiger partial charge is 0.481 e. The summed E-state index contributed by atoms with van der Waals surface area (Å²) >= 11 is 2.84. The van der Waals surface area contributed by atoms with E-state index in [0.717, 1.165) is 22.8 Å². The van der Waals surface area contributed by atoms with Crippen LogP contribution in [0.2, 0.25) is 0 Å². The summed E-state index contributed by atoms with van der Waals surface area (Å²) in [5.41, 5.74) is 0.934. The first-order chi connectivity index (χ1) is 9.24. The highest BCUT2D eigenvalue weighted by Gasteiger charge is 2.09. The molecule has 96 valence electrons. The van der Waals surface area contributed by atoms with Crippen molar-refractivity contribution in [1.29, 1.82) is 0 Å². The number of carboxylic acids is 1. The Labute approximate surface area is 116 Å². The van der Waals surface area contributed by atoms with Crippen LogP contribution < -0.4 is 0 Å². The number of hydrogen-bond acceptors (Lipinski definition) is 5. The summed E-state index contributed by atoms with van der Waals surface area (Å²) in [5, 5.41) is 20.3. The van der Waals surface area contributed by atoms with Crippen molar-refractivity contribution in [2.75, 3.05) is 5.75 Å². The molecule has 1 aromatic carbocycles. The molecule has 0 radical (unpaired) electrons. The lowest BCUT2D eigenvalue weighted by Crippen LogP contribution is -2.01. The van der Waals surface area contributed by atoms with E-state index < -0.39 is 5.97 Å². The van der Waals surface area contributed by atoms with E-state index in [9.17, 15) is 4.79 Å². The molecule has 7 heteroatoms. The van der Waals surface area contributed by atoms with E-state index in [2.05, 4.69) is 16.3 Å². The van der Waals surface area contributed by atoms with Gasteiger partial charge in [-0.3, -0.25) is 9.36 Å². The second-order valence-electron chi connectivity index (χ2n) is 3.81. The first-order valence-corrected chi connectivity index (χ1v) is 7.33. The van der Waals surface area contributed by atoms with E-state index in [4.69, 9.17) is 5.11 Å². The van der Waals surface area contributed by atoms with Crippen molar-refractivity contribution in [1.82, 2.24) is 14.8 Å². The fourth-order valence-electron chi connectivity index (χ4n) is 1.73.